The summed E-state index contributed by atoms with van der Waals surface area (Å²) in [6, 6.07) is 0. The van der Waals surface area contributed by atoms with Crippen LogP contribution in [0, 0.1) is 12.7 Å². The molecule has 2 nitrogen and oxygen atoms in total. The summed E-state index contributed by atoms with van der Waals surface area (Å²) in [6.07, 6.45) is 0. The number of hydrogen-bond acceptors (Lipinski definition) is 2. The first-order chi connectivity index (χ1) is 3.77. The lowest BCUT2D eigenvalue weighted by molar-refractivity contribution is 0.0345. The van der Waals surface area contributed by atoms with E-state index in [0.29, 0.717) is 5.92 Å². The minimum Gasteiger partial charge on any atom is -0.351 e. The summed E-state index contributed by atoms with van der Waals surface area (Å²) in [5, 5.41) is 0. The molecule has 0 saturated carbocycles. The van der Waals surface area contributed by atoms with Crippen LogP contribution in [0.4, 0.5) is 0 Å². The van der Waals surface area contributed by atoms with Gasteiger partial charge in [-0.25, -0.2) is 0 Å². The predicted octanol–water partition coefficient (Wildman–Crippen LogP) is 1.42. The fraction of sp³-hybridized carbons (Fsp3) is 0.833. The number of ether oxygens (including phenoxy) is 2. The minimum absolute atomic E-state index is 0.571. The van der Waals surface area contributed by atoms with Crippen molar-refractivity contribution >= 4 is 0 Å². The van der Waals surface area contributed by atoms with E-state index in [1.54, 1.807) is 7.11 Å². The van der Waals surface area contributed by atoms with Gasteiger partial charge in [0.2, 0.25) is 6.79 Å². The maximum Gasteiger partial charge on any atom is 0.209 e. The van der Waals surface area contributed by atoms with Crippen molar-refractivity contribution < 1.29 is 9.47 Å². The second-order valence-electron chi connectivity index (χ2n) is 2.06. The third-order valence-electron chi connectivity index (χ3n) is 0.594. The Morgan fingerprint density at radius 1 is 1.50 bits per heavy atom. The van der Waals surface area contributed by atoms with Crippen molar-refractivity contribution in [2.24, 2.45) is 5.92 Å². The summed E-state index contributed by atoms with van der Waals surface area (Å²) >= 11 is 0. The van der Waals surface area contributed by atoms with Gasteiger partial charge in [0.05, 0.1) is 6.61 Å². The van der Waals surface area contributed by atoms with Crippen molar-refractivity contribution in [3.63, 3.8) is 0 Å². The topological polar surface area (TPSA) is 18.5 Å². The summed E-state index contributed by atoms with van der Waals surface area (Å²) in [5.41, 5.74) is 0. The fourth-order valence-corrected chi connectivity index (χ4v) is 0.300. The lowest BCUT2D eigenvalue weighted by atomic mass is 10.2. The smallest absolute Gasteiger partial charge is 0.209 e. The quantitative estimate of drug-likeness (QED) is 0.518. The molecule has 0 aliphatic rings. The first-order valence-corrected chi connectivity index (χ1v) is 2.73. The lowest BCUT2D eigenvalue weighted by Gasteiger charge is -2.02. The Morgan fingerprint density at radius 3 is 2.50 bits per heavy atom. The Kier molecular flexibility index (Phi) is 5.01. The normalized spacial score (nSPS) is 10.5. The zero-order chi connectivity index (χ0) is 6.41. The molecule has 49 valence electrons. The van der Waals surface area contributed by atoms with Gasteiger partial charge in [0, 0.05) is 7.11 Å². The Balaban J connectivity index is 2.72. The van der Waals surface area contributed by atoms with Gasteiger partial charge in [-0.2, -0.15) is 0 Å². The molecule has 0 heterocycles. The van der Waals surface area contributed by atoms with Crippen LogP contribution >= 0.6 is 0 Å². The van der Waals surface area contributed by atoms with Gasteiger partial charge in [-0.05, 0) is 5.92 Å². The van der Waals surface area contributed by atoms with Gasteiger partial charge in [-0.3, -0.25) is 0 Å². The number of hydrogen-bond donors (Lipinski definition) is 0. The fourth-order valence-electron chi connectivity index (χ4n) is 0.300. The highest BCUT2D eigenvalue weighted by Crippen LogP contribution is 1.93. The highest BCUT2D eigenvalue weighted by atomic mass is 16.7. The molecule has 0 unspecified atom stereocenters. The van der Waals surface area contributed by atoms with Crippen LogP contribution in [0.2, 0.25) is 0 Å². The van der Waals surface area contributed by atoms with Gasteiger partial charge in [-0.1, -0.05) is 13.8 Å². The van der Waals surface area contributed by atoms with Gasteiger partial charge in [-0.15, -0.1) is 0 Å². The molecule has 0 amide bonds. The third-order valence-corrected chi connectivity index (χ3v) is 0.594. The number of rotatable bonds is 4. The van der Waals surface area contributed by atoms with Crippen LogP contribution in [-0.2, 0) is 9.47 Å². The van der Waals surface area contributed by atoms with Crippen molar-refractivity contribution in [3.05, 3.63) is 6.79 Å². The van der Waals surface area contributed by atoms with E-state index in [9.17, 15) is 0 Å². The molecular formula is C6H13O2. The van der Waals surface area contributed by atoms with Crippen LogP contribution in [0.3, 0.4) is 0 Å². The van der Waals surface area contributed by atoms with Crippen LogP contribution in [0.1, 0.15) is 13.8 Å². The molecule has 2 heteroatoms. The van der Waals surface area contributed by atoms with Gasteiger partial charge in [0.25, 0.3) is 0 Å². The van der Waals surface area contributed by atoms with Crippen LogP contribution in [0.25, 0.3) is 0 Å². The van der Waals surface area contributed by atoms with E-state index in [0.717, 1.165) is 6.61 Å². The summed E-state index contributed by atoms with van der Waals surface area (Å²) in [5.74, 6) is 0.571. The largest absolute Gasteiger partial charge is 0.351 e. The van der Waals surface area contributed by atoms with E-state index in [1.165, 1.54) is 6.79 Å². The molecule has 0 rings (SSSR count). The molecule has 0 atom stereocenters. The van der Waals surface area contributed by atoms with Gasteiger partial charge in [0.1, 0.15) is 0 Å². The molecular weight excluding hydrogens is 104 g/mol. The van der Waals surface area contributed by atoms with E-state index in [2.05, 4.69) is 18.6 Å². The molecule has 0 aromatic heterocycles. The van der Waals surface area contributed by atoms with Crippen molar-refractivity contribution in [2.75, 3.05) is 13.7 Å². The van der Waals surface area contributed by atoms with E-state index in [-0.39, 0.29) is 0 Å². The molecule has 0 N–H and O–H groups in total. The second kappa shape index (κ2) is 5.06. The lowest BCUT2D eigenvalue weighted by Crippen LogP contribution is -1.99. The van der Waals surface area contributed by atoms with Gasteiger partial charge < -0.3 is 9.47 Å². The first-order valence-electron chi connectivity index (χ1n) is 2.73. The molecule has 0 aliphatic heterocycles. The van der Waals surface area contributed by atoms with E-state index in [4.69, 9.17) is 4.74 Å². The van der Waals surface area contributed by atoms with Crippen LogP contribution in [0.15, 0.2) is 0 Å². The first kappa shape index (κ1) is 7.92. The predicted molar refractivity (Wildman–Crippen MR) is 32.1 cm³/mol. The van der Waals surface area contributed by atoms with Gasteiger partial charge >= 0.3 is 0 Å². The number of methoxy groups -OCH3 is 1. The molecule has 0 aromatic rings. The molecule has 0 aliphatic carbocycles. The minimum atomic E-state index is 0.571. The standard InChI is InChI=1S/C6H13O2/c1-6(2)4-8-5-7-3/h5-6H,4H2,1-3H3. The maximum absolute atomic E-state index is 4.90. The third kappa shape index (κ3) is 5.92. The molecule has 8 heavy (non-hydrogen) atoms. The highest BCUT2D eigenvalue weighted by molar-refractivity contribution is 4.39. The molecule has 0 saturated heterocycles. The average Bonchev–Trinajstić information content (AvgIpc) is 1.66. The van der Waals surface area contributed by atoms with E-state index >= 15 is 0 Å². The Morgan fingerprint density at radius 2 is 2.12 bits per heavy atom. The average molecular weight is 117 g/mol. The second-order valence-corrected chi connectivity index (χ2v) is 2.06. The van der Waals surface area contributed by atoms with Crippen molar-refractivity contribution in [2.45, 2.75) is 13.8 Å². The molecule has 1 radical (unpaired) electrons. The van der Waals surface area contributed by atoms with Gasteiger partial charge in [0.15, 0.2) is 0 Å². The van der Waals surface area contributed by atoms with Crippen LogP contribution < -0.4 is 0 Å². The SMILES string of the molecule is CO[CH]OCC(C)C. The van der Waals surface area contributed by atoms with Crippen LogP contribution in [-0.4, -0.2) is 13.7 Å². The summed E-state index contributed by atoms with van der Waals surface area (Å²) in [6.45, 7) is 6.25. The Bertz CT molecular complexity index is 43.8. The molecule has 0 spiro atoms. The molecule has 0 bridgehead atoms. The summed E-state index contributed by atoms with van der Waals surface area (Å²) in [4.78, 5) is 0. The molecule has 0 fully saturated rings. The Hall–Kier alpha value is -0.0800. The van der Waals surface area contributed by atoms with Crippen LogP contribution in [0.5, 0.6) is 0 Å². The monoisotopic (exact) mass is 117 g/mol. The molecule has 0 aromatic carbocycles. The zero-order valence-corrected chi connectivity index (χ0v) is 5.68. The Labute approximate surface area is 50.8 Å². The summed E-state index contributed by atoms with van der Waals surface area (Å²) in [7, 11) is 1.57. The maximum atomic E-state index is 4.90. The van der Waals surface area contributed by atoms with E-state index in [1.807, 2.05) is 0 Å². The van der Waals surface area contributed by atoms with E-state index < -0.39 is 0 Å². The highest BCUT2D eigenvalue weighted by Gasteiger charge is 1.90. The van der Waals surface area contributed by atoms with Crippen molar-refractivity contribution in [1.82, 2.24) is 0 Å². The zero-order valence-electron chi connectivity index (χ0n) is 5.68. The summed E-state index contributed by atoms with van der Waals surface area (Å²) < 4.78 is 9.44. The van der Waals surface area contributed by atoms with Crippen molar-refractivity contribution in [3.8, 4) is 0 Å². The van der Waals surface area contributed by atoms with Crippen molar-refractivity contribution in [1.29, 1.82) is 0 Å².